The largest absolute Gasteiger partial charge is 0.329 e. The van der Waals surface area contributed by atoms with E-state index in [2.05, 4.69) is 24.0 Å². The van der Waals surface area contributed by atoms with Crippen LogP contribution in [0.3, 0.4) is 0 Å². The average Bonchev–Trinajstić information content (AvgIpc) is 2.46. The third-order valence-electron chi connectivity index (χ3n) is 4.02. The standard InChI is InChI=1S/C18H23FN2/c1-13-6-4-5-7-16(13)12-21(3)18(11-20)15-9-8-14(2)17(19)10-15/h4-10,18H,11-12,20H2,1-3H3. The van der Waals surface area contributed by atoms with Crippen molar-refractivity contribution in [1.82, 2.24) is 4.90 Å². The fourth-order valence-electron chi connectivity index (χ4n) is 2.55. The Kier molecular flexibility index (Phi) is 5.10. The monoisotopic (exact) mass is 286 g/mol. The van der Waals surface area contributed by atoms with Gasteiger partial charge in [-0.25, -0.2) is 4.39 Å². The van der Waals surface area contributed by atoms with Crippen molar-refractivity contribution in [3.05, 3.63) is 70.5 Å². The maximum Gasteiger partial charge on any atom is 0.126 e. The van der Waals surface area contributed by atoms with Crippen molar-refractivity contribution < 1.29 is 4.39 Å². The first-order valence-electron chi connectivity index (χ1n) is 7.23. The van der Waals surface area contributed by atoms with Crippen LogP contribution in [-0.2, 0) is 6.54 Å². The van der Waals surface area contributed by atoms with Gasteiger partial charge in [-0.2, -0.15) is 0 Å². The van der Waals surface area contributed by atoms with E-state index < -0.39 is 0 Å². The zero-order valence-corrected chi connectivity index (χ0v) is 12.9. The summed E-state index contributed by atoms with van der Waals surface area (Å²) in [5.41, 5.74) is 10.0. The quantitative estimate of drug-likeness (QED) is 0.910. The van der Waals surface area contributed by atoms with Crippen LogP contribution in [-0.4, -0.2) is 18.5 Å². The van der Waals surface area contributed by atoms with Crippen molar-refractivity contribution >= 4 is 0 Å². The number of likely N-dealkylation sites (N-methyl/N-ethyl adjacent to an activating group) is 1. The van der Waals surface area contributed by atoms with Gasteiger partial charge in [0.25, 0.3) is 0 Å². The van der Waals surface area contributed by atoms with Crippen LogP contribution in [0.15, 0.2) is 42.5 Å². The molecule has 21 heavy (non-hydrogen) atoms. The molecule has 0 aliphatic heterocycles. The van der Waals surface area contributed by atoms with Gasteiger partial charge in [-0.15, -0.1) is 0 Å². The van der Waals surface area contributed by atoms with Crippen LogP contribution in [0.25, 0.3) is 0 Å². The first-order valence-corrected chi connectivity index (χ1v) is 7.23. The molecule has 0 saturated carbocycles. The van der Waals surface area contributed by atoms with Gasteiger partial charge in [0, 0.05) is 19.1 Å². The summed E-state index contributed by atoms with van der Waals surface area (Å²) < 4.78 is 13.8. The second kappa shape index (κ2) is 6.83. The molecule has 0 aliphatic rings. The molecule has 2 rings (SSSR count). The highest BCUT2D eigenvalue weighted by molar-refractivity contribution is 5.28. The molecule has 0 aromatic heterocycles. The summed E-state index contributed by atoms with van der Waals surface area (Å²) in [6.45, 7) is 5.13. The van der Waals surface area contributed by atoms with Crippen LogP contribution in [0.1, 0.15) is 28.3 Å². The van der Waals surface area contributed by atoms with Crippen molar-refractivity contribution in [3.8, 4) is 0 Å². The topological polar surface area (TPSA) is 29.3 Å². The van der Waals surface area contributed by atoms with Crippen molar-refractivity contribution in [2.75, 3.05) is 13.6 Å². The zero-order valence-electron chi connectivity index (χ0n) is 12.9. The van der Waals surface area contributed by atoms with E-state index in [4.69, 9.17) is 5.73 Å². The summed E-state index contributed by atoms with van der Waals surface area (Å²) in [5, 5.41) is 0. The first-order chi connectivity index (χ1) is 10.0. The van der Waals surface area contributed by atoms with Crippen molar-refractivity contribution in [2.24, 2.45) is 5.73 Å². The highest BCUT2D eigenvalue weighted by Crippen LogP contribution is 2.23. The van der Waals surface area contributed by atoms with Crippen LogP contribution in [0.5, 0.6) is 0 Å². The lowest BCUT2D eigenvalue weighted by atomic mass is 10.0. The number of aryl methyl sites for hydroxylation is 2. The van der Waals surface area contributed by atoms with Crippen LogP contribution >= 0.6 is 0 Å². The summed E-state index contributed by atoms with van der Waals surface area (Å²) in [7, 11) is 2.03. The normalized spacial score (nSPS) is 12.7. The van der Waals surface area contributed by atoms with Crippen LogP contribution in [0, 0.1) is 19.7 Å². The maximum absolute atomic E-state index is 13.8. The Morgan fingerprint density at radius 2 is 1.81 bits per heavy atom. The SMILES string of the molecule is Cc1ccc(C(CN)N(C)Cc2ccccc2C)cc1F. The van der Waals surface area contributed by atoms with Gasteiger partial charge in [0.1, 0.15) is 5.82 Å². The van der Waals surface area contributed by atoms with Crippen LogP contribution in [0.4, 0.5) is 4.39 Å². The number of rotatable bonds is 5. The van der Waals surface area contributed by atoms with Gasteiger partial charge >= 0.3 is 0 Å². The Balaban J connectivity index is 2.20. The molecule has 3 heteroatoms. The molecule has 0 amide bonds. The molecule has 2 aromatic carbocycles. The predicted molar refractivity (Wildman–Crippen MR) is 85.6 cm³/mol. The highest BCUT2D eigenvalue weighted by atomic mass is 19.1. The van der Waals surface area contributed by atoms with Gasteiger partial charge in [-0.05, 0) is 49.2 Å². The predicted octanol–water partition coefficient (Wildman–Crippen LogP) is 3.57. The molecule has 0 bridgehead atoms. The Bertz CT molecular complexity index is 610. The van der Waals surface area contributed by atoms with Crippen LogP contribution in [0.2, 0.25) is 0 Å². The van der Waals surface area contributed by atoms with Gasteiger partial charge in [0.05, 0.1) is 0 Å². The van der Waals surface area contributed by atoms with E-state index in [0.29, 0.717) is 12.1 Å². The minimum absolute atomic E-state index is 0.0136. The number of nitrogens with zero attached hydrogens (tertiary/aromatic N) is 1. The molecule has 2 N–H and O–H groups in total. The van der Waals surface area contributed by atoms with E-state index in [1.54, 1.807) is 13.0 Å². The van der Waals surface area contributed by atoms with Crippen LogP contribution < -0.4 is 5.73 Å². The van der Waals surface area contributed by atoms with Gasteiger partial charge in [-0.1, -0.05) is 36.4 Å². The van der Waals surface area contributed by atoms with Gasteiger partial charge in [0.15, 0.2) is 0 Å². The van der Waals surface area contributed by atoms with Gasteiger partial charge < -0.3 is 5.73 Å². The summed E-state index contributed by atoms with van der Waals surface area (Å²) in [4.78, 5) is 2.17. The molecule has 0 radical (unpaired) electrons. The molecule has 112 valence electrons. The summed E-state index contributed by atoms with van der Waals surface area (Å²) in [6.07, 6.45) is 0. The van der Waals surface area contributed by atoms with Crippen molar-refractivity contribution in [2.45, 2.75) is 26.4 Å². The Hall–Kier alpha value is -1.71. The Morgan fingerprint density at radius 3 is 2.43 bits per heavy atom. The number of halogens is 1. The molecule has 0 fully saturated rings. The first kappa shape index (κ1) is 15.7. The molecule has 0 aliphatic carbocycles. The summed E-state index contributed by atoms with van der Waals surface area (Å²) in [6, 6.07) is 13.7. The number of nitrogens with two attached hydrogens (primary N) is 1. The average molecular weight is 286 g/mol. The molecule has 0 heterocycles. The third-order valence-corrected chi connectivity index (χ3v) is 4.02. The van der Waals surface area contributed by atoms with E-state index in [1.165, 1.54) is 11.1 Å². The number of hydrogen-bond donors (Lipinski definition) is 1. The van der Waals surface area contributed by atoms with Gasteiger partial charge in [0.2, 0.25) is 0 Å². The zero-order chi connectivity index (χ0) is 15.4. The fourth-order valence-corrected chi connectivity index (χ4v) is 2.55. The lowest BCUT2D eigenvalue weighted by Crippen LogP contribution is -2.30. The summed E-state index contributed by atoms with van der Waals surface area (Å²) >= 11 is 0. The third kappa shape index (κ3) is 3.69. The Morgan fingerprint density at radius 1 is 1.10 bits per heavy atom. The molecular formula is C18H23FN2. The maximum atomic E-state index is 13.8. The van der Waals surface area contributed by atoms with E-state index >= 15 is 0 Å². The molecule has 1 atom stereocenters. The fraction of sp³-hybridized carbons (Fsp3) is 0.333. The van der Waals surface area contributed by atoms with E-state index in [1.807, 2.05) is 31.3 Å². The molecule has 1 unspecified atom stereocenters. The molecule has 2 aromatic rings. The lowest BCUT2D eigenvalue weighted by molar-refractivity contribution is 0.241. The van der Waals surface area contributed by atoms with Crippen molar-refractivity contribution in [1.29, 1.82) is 0 Å². The second-order valence-electron chi connectivity index (χ2n) is 5.60. The molecule has 2 nitrogen and oxygen atoms in total. The second-order valence-corrected chi connectivity index (χ2v) is 5.60. The van der Waals surface area contributed by atoms with Gasteiger partial charge in [-0.3, -0.25) is 4.90 Å². The number of hydrogen-bond acceptors (Lipinski definition) is 2. The minimum Gasteiger partial charge on any atom is -0.329 e. The number of benzene rings is 2. The summed E-state index contributed by atoms with van der Waals surface area (Å²) in [5.74, 6) is -0.171. The highest BCUT2D eigenvalue weighted by Gasteiger charge is 2.17. The van der Waals surface area contributed by atoms with E-state index in [9.17, 15) is 4.39 Å². The smallest absolute Gasteiger partial charge is 0.126 e. The lowest BCUT2D eigenvalue weighted by Gasteiger charge is -2.28. The minimum atomic E-state index is -0.171. The Labute approximate surface area is 126 Å². The van der Waals surface area contributed by atoms with Crippen molar-refractivity contribution in [3.63, 3.8) is 0 Å². The molecule has 0 spiro atoms. The van der Waals surface area contributed by atoms with E-state index in [-0.39, 0.29) is 11.9 Å². The molecular weight excluding hydrogens is 263 g/mol. The van der Waals surface area contributed by atoms with E-state index in [0.717, 1.165) is 12.1 Å². The molecule has 0 saturated heterocycles.